The van der Waals surface area contributed by atoms with Gasteiger partial charge < -0.3 is 35.6 Å². The maximum Gasteiger partial charge on any atom is 0.405 e. The standard InChI is InChI=1S/C33H45Cl2NO10/c1-4-5-16-27(46-33(36)44)29(35)25(37)19-26(38)31(41)30(40)21(3)24(34)15-8-6-11-20(2)12-7-9-17-28(39)45-23-14-10-13-22(18-23)32(42)43/h5-9,11-12,15-17,21-23,25,27,29-31,37,40-41H,4,10,13-14,18-19H2,1-3H3,(H2,36,44)(H,42,43)/b8-6+,12-7+,16-5+,17-9+,20-11+,24-15-. The molecule has 8 atom stereocenters. The third kappa shape index (κ3) is 15.4. The molecule has 0 radical (unpaired) electrons. The smallest absolute Gasteiger partial charge is 0.405 e. The van der Waals surface area contributed by atoms with E-state index in [9.17, 15) is 34.5 Å². The predicted molar refractivity (Wildman–Crippen MR) is 175 cm³/mol. The van der Waals surface area contributed by atoms with E-state index in [4.69, 9.17) is 43.5 Å². The Kier molecular flexibility index (Phi) is 19.1. The zero-order valence-corrected chi connectivity index (χ0v) is 27.7. The number of hydrogen-bond acceptors (Lipinski definition) is 9. The highest BCUT2D eigenvalue weighted by atomic mass is 35.5. The zero-order valence-electron chi connectivity index (χ0n) is 26.2. The van der Waals surface area contributed by atoms with Crippen molar-refractivity contribution in [2.24, 2.45) is 17.6 Å². The lowest BCUT2D eigenvalue weighted by molar-refractivity contribution is -0.151. The molecule has 46 heavy (non-hydrogen) atoms. The highest BCUT2D eigenvalue weighted by Gasteiger charge is 2.35. The number of alkyl halides is 1. The number of carboxylic acids is 1. The molecule has 8 unspecified atom stereocenters. The van der Waals surface area contributed by atoms with Gasteiger partial charge in [-0.05, 0) is 51.2 Å². The lowest BCUT2D eigenvalue weighted by atomic mass is 9.87. The van der Waals surface area contributed by atoms with E-state index in [1.165, 1.54) is 31.2 Å². The van der Waals surface area contributed by atoms with Gasteiger partial charge in [-0.2, -0.15) is 0 Å². The Labute approximate surface area is 279 Å². The molecule has 0 aromatic heterocycles. The number of aliphatic carboxylic acids is 1. The average Bonchev–Trinajstić information content (AvgIpc) is 3.01. The Hall–Kier alpha value is -3.22. The largest absolute Gasteiger partial charge is 0.481 e. The number of Topliss-reactive ketones (excluding diaryl/α,β-unsaturated/α-hetero) is 1. The van der Waals surface area contributed by atoms with Crippen LogP contribution >= 0.6 is 23.2 Å². The van der Waals surface area contributed by atoms with Gasteiger partial charge in [0.05, 0.1) is 18.1 Å². The summed E-state index contributed by atoms with van der Waals surface area (Å²) in [5.74, 6) is -3.62. The first-order valence-electron chi connectivity index (χ1n) is 15.0. The minimum absolute atomic E-state index is 0.154. The van der Waals surface area contributed by atoms with Crippen molar-refractivity contribution in [3.05, 3.63) is 71.4 Å². The first-order valence-corrected chi connectivity index (χ1v) is 15.8. The van der Waals surface area contributed by atoms with E-state index in [1.807, 2.05) is 13.8 Å². The van der Waals surface area contributed by atoms with E-state index in [0.29, 0.717) is 32.1 Å². The highest BCUT2D eigenvalue weighted by Crippen LogP contribution is 2.27. The summed E-state index contributed by atoms with van der Waals surface area (Å²) in [4.78, 5) is 46.9. The number of halogens is 2. The van der Waals surface area contributed by atoms with Crippen LogP contribution in [0.3, 0.4) is 0 Å². The molecular formula is C33H45Cl2NO10. The summed E-state index contributed by atoms with van der Waals surface area (Å²) >= 11 is 12.5. The number of nitrogens with two attached hydrogens (primary N) is 1. The molecule has 1 aliphatic rings. The van der Waals surface area contributed by atoms with Crippen LogP contribution in [0.15, 0.2) is 71.4 Å². The second kappa shape index (κ2) is 21.6. The maximum absolute atomic E-state index is 12.6. The van der Waals surface area contributed by atoms with Crippen LogP contribution in [0.2, 0.25) is 0 Å². The second-order valence-corrected chi connectivity index (χ2v) is 11.9. The molecule has 11 nitrogen and oxygen atoms in total. The predicted octanol–water partition coefficient (Wildman–Crippen LogP) is 4.63. The van der Waals surface area contributed by atoms with Crippen molar-refractivity contribution < 1.29 is 49.1 Å². The molecule has 1 fully saturated rings. The van der Waals surface area contributed by atoms with Crippen molar-refractivity contribution in [1.82, 2.24) is 0 Å². The Morgan fingerprint density at radius 3 is 2.30 bits per heavy atom. The summed E-state index contributed by atoms with van der Waals surface area (Å²) in [6.45, 7) is 5.16. The molecule has 0 saturated heterocycles. The van der Waals surface area contributed by atoms with Crippen molar-refractivity contribution in [2.45, 2.75) is 95.2 Å². The van der Waals surface area contributed by atoms with Gasteiger partial charge in [-0.25, -0.2) is 9.59 Å². The molecule has 0 aliphatic heterocycles. The van der Waals surface area contributed by atoms with E-state index in [2.05, 4.69) is 0 Å². The number of ether oxygens (including phenoxy) is 2. The van der Waals surface area contributed by atoms with Crippen molar-refractivity contribution in [2.75, 3.05) is 0 Å². The summed E-state index contributed by atoms with van der Waals surface area (Å²) in [5.41, 5.74) is 5.87. The summed E-state index contributed by atoms with van der Waals surface area (Å²) in [6.07, 6.45) is 10.4. The molecule has 0 spiro atoms. The van der Waals surface area contributed by atoms with Gasteiger partial charge in [0.1, 0.15) is 23.7 Å². The lowest BCUT2D eigenvalue weighted by Gasteiger charge is -2.26. The molecule has 1 amide bonds. The minimum Gasteiger partial charge on any atom is -0.481 e. The number of carbonyl (C=O) groups excluding carboxylic acids is 3. The van der Waals surface area contributed by atoms with Crippen LogP contribution in [-0.2, 0) is 23.9 Å². The first kappa shape index (κ1) is 40.8. The van der Waals surface area contributed by atoms with Crippen LogP contribution in [0.5, 0.6) is 0 Å². The number of hydrogen-bond donors (Lipinski definition) is 5. The molecule has 0 bridgehead atoms. The Bertz CT molecular complexity index is 1210. The van der Waals surface area contributed by atoms with Crippen molar-refractivity contribution >= 4 is 47.0 Å². The molecule has 1 saturated carbocycles. The highest BCUT2D eigenvalue weighted by molar-refractivity contribution is 6.30. The van der Waals surface area contributed by atoms with Crippen molar-refractivity contribution in [1.29, 1.82) is 0 Å². The number of aliphatic hydroxyl groups is 3. The number of amides is 1. The number of aliphatic hydroxyl groups excluding tert-OH is 3. The van der Waals surface area contributed by atoms with Crippen molar-refractivity contribution in [3.8, 4) is 0 Å². The van der Waals surface area contributed by atoms with E-state index in [1.54, 1.807) is 36.5 Å². The third-order valence-electron chi connectivity index (χ3n) is 7.19. The fourth-order valence-electron chi connectivity index (χ4n) is 4.48. The summed E-state index contributed by atoms with van der Waals surface area (Å²) in [7, 11) is 0. The van der Waals surface area contributed by atoms with Crippen molar-refractivity contribution in [3.63, 3.8) is 0 Å². The van der Waals surface area contributed by atoms with Crippen LogP contribution in [0.4, 0.5) is 4.79 Å². The number of primary amides is 1. The summed E-state index contributed by atoms with van der Waals surface area (Å²) in [5, 5.41) is 39.4. The van der Waals surface area contributed by atoms with Crippen LogP contribution in [0.1, 0.15) is 59.3 Å². The van der Waals surface area contributed by atoms with E-state index < -0.39 is 78.0 Å². The molecular weight excluding hydrogens is 641 g/mol. The molecule has 6 N–H and O–H groups in total. The van der Waals surface area contributed by atoms with Gasteiger partial charge in [0.2, 0.25) is 0 Å². The zero-order chi connectivity index (χ0) is 34.8. The van der Waals surface area contributed by atoms with Crippen LogP contribution in [-0.4, -0.2) is 80.1 Å². The molecule has 13 heteroatoms. The van der Waals surface area contributed by atoms with Gasteiger partial charge in [0, 0.05) is 23.4 Å². The fraction of sp³-hybridized carbons (Fsp3) is 0.515. The molecule has 1 aliphatic carbocycles. The Balaban J connectivity index is 2.63. The fourth-order valence-corrected chi connectivity index (χ4v) is 4.91. The quantitative estimate of drug-likeness (QED) is 0.0446. The SMILES string of the molecule is CC/C=C/C(OC(N)=O)C(Cl)C(O)CC(=O)C(O)C(O)C(C)/C(Cl)=C/C=C/C=C(C)/C=C/C=C/C(=O)OC1CCCC(C(=O)O)C1. The lowest BCUT2D eigenvalue weighted by Crippen LogP contribution is -2.43. The van der Waals surface area contributed by atoms with Crippen LogP contribution < -0.4 is 5.73 Å². The van der Waals surface area contributed by atoms with E-state index in [0.717, 1.165) is 5.57 Å². The molecule has 256 valence electrons. The summed E-state index contributed by atoms with van der Waals surface area (Å²) in [6, 6.07) is 0. The van der Waals surface area contributed by atoms with Gasteiger partial charge >= 0.3 is 18.0 Å². The maximum atomic E-state index is 12.6. The average molecular weight is 687 g/mol. The third-order valence-corrected chi connectivity index (χ3v) is 8.20. The molecule has 0 aromatic rings. The minimum atomic E-state index is -1.87. The van der Waals surface area contributed by atoms with E-state index in [-0.39, 0.29) is 5.03 Å². The van der Waals surface area contributed by atoms with Gasteiger partial charge in [0.25, 0.3) is 0 Å². The summed E-state index contributed by atoms with van der Waals surface area (Å²) < 4.78 is 10.2. The van der Waals surface area contributed by atoms with Gasteiger partial charge in [0.15, 0.2) is 5.78 Å². The van der Waals surface area contributed by atoms with Gasteiger partial charge in [-0.15, -0.1) is 11.6 Å². The Morgan fingerprint density at radius 2 is 1.67 bits per heavy atom. The van der Waals surface area contributed by atoms with Gasteiger partial charge in [-0.3, -0.25) is 9.59 Å². The monoisotopic (exact) mass is 685 g/mol. The molecule has 0 aromatic carbocycles. The number of esters is 1. The normalized spacial score (nSPS) is 22.1. The number of carbonyl (C=O) groups is 4. The number of carboxylic acid groups (broad SMARTS) is 1. The van der Waals surface area contributed by atoms with Crippen LogP contribution in [0, 0.1) is 11.8 Å². The Morgan fingerprint density at radius 1 is 1.02 bits per heavy atom. The van der Waals surface area contributed by atoms with Crippen LogP contribution in [0.25, 0.3) is 0 Å². The topological polar surface area (TPSA) is 194 Å². The second-order valence-electron chi connectivity index (χ2n) is 11.0. The molecule has 0 heterocycles. The number of allylic oxidation sites excluding steroid dienone is 9. The first-order chi connectivity index (χ1) is 21.7. The van der Waals surface area contributed by atoms with Gasteiger partial charge in [-0.1, -0.05) is 73.6 Å². The van der Waals surface area contributed by atoms with E-state index >= 15 is 0 Å². The number of rotatable bonds is 18. The molecule has 1 rings (SSSR count). The number of ketones is 1.